The minimum absolute atomic E-state index is 0.149. The van der Waals surface area contributed by atoms with E-state index < -0.39 is 10.0 Å². The standard InChI is InChI=1S/C11H18N2O3S/c12-6-1-7-13(10-2-3-10)17(14,15)11-4-8-16-9-5-11/h10-11H,1-5,7-9H2. The zero-order valence-electron chi connectivity index (χ0n) is 9.84. The third-order valence-electron chi connectivity index (χ3n) is 3.31. The first-order valence-corrected chi connectivity index (χ1v) is 7.62. The van der Waals surface area contributed by atoms with Crippen LogP contribution in [0.25, 0.3) is 0 Å². The Hall–Kier alpha value is -0.640. The minimum Gasteiger partial charge on any atom is -0.381 e. The molecule has 1 saturated heterocycles. The number of hydrogen-bond acceptors (Lipinski definition) is 4. The Kier molecular flexibility index (Phi) is 4.02. The average molecular weight is 258 g/mol. The van der Waals surface area contributed by atoms with Crippen molar-refractivity contribution in [1.29, 1.82) is 5.26 Å². The summed E-state index contributed by atoms with van der Waals surface area (Å²) in [6.45, 7) is 1.40. The van der Waals surface area contributed by atoms with Gasteiger partial charge < -0.3 is 4.74 Å². The summed E-state index contributed by atoms with van der Waals surface area (Å²) in [6.07, 6.45) is 3.32. The summed E-state index contributed by atoms with van der Waals surface area (Å²) in [7, 11) is -3.23. The molecule has 0 unspecified atom stereocenters. The van der Waals surface area contributed by atoms with E-state index in [0.29, 0.717) is 32.6 Å². The second-order valence-corrected chi connectivity index (χ2v) is 6.77. The molecule has 2 fully saturated rings. The summed E-state index contributed by atoms with van der Waals surface area (Å²) >= 11 is 0. The first-order valence-electron chi connectivity index (χ1n) is 6.11. The van der Waals surface area contributed by atoms with Crippen LogP contribution in [0.1, 0.15) is 32.1 Å². The molecule has 0 atom stereocenters. The lowest BCUT2D eigenvalue weighted by atomic mass is 10.2. The maximum atomic E-state index is 12.4. The smallest absolute Gasteiger partial charge is 0.217 e. The molecular weight excluding hydrogens is 240 g/mol. The molecule has 1 heterocycles. The normalized spacial score (nSPS) is 22.6. The van der Waals surface area contributed by atoms with Gasteiger partial charge in [-0.1, -0.05) is 0 Å². The summed E-state index contributed by atoms with van der Waals surface area (Å²) in [5.74, 6) is 0. The monoisotopic (exact) mass is 258 g/mol. The van der Waals surface area contributed by atoms with Gasteiger partial charge in [0.1, 0.15) is 0 Å². The van der Waals surface area contributed by atoms with Gasteiger partial charge >= 0.3 is 0 Å². The quantitative estimate of drug-likeness (QED) is 0.733. The summed E-state index contributed by atoms with van der Waals surface area (Å²) < 4.78 is 31.6. The predicted molar refractivity (Wildman–Crippen MR) is 62.7 cm³/mol. The van der Waals surface area contributed by atoms with Crippen LogP contribution in [0.5, 0.6) is 0 Å². The average Bonchev–Trinajstić information content (AvgIpc) is 3.15. The highest BCUT2D eigenvalue weighted by Crippen LogP contribution is 2.32. The van der Waals surface area contributed by atoms with Gasteiger partial charge in [0.25, 0.3) is 0 Å². The van der Waals surface area contributed by atoms with Crippen molar-refractivity contribution in [3.05, 3.63) is 0 Å². The van der Waals surface area contributed by atoms with E-state index in [0.717, 1.165) is 12.8 Å². The van der Waals surface area contributed by atoms with Crippen LogP contribution >= 0.6 is 0 Å². The van der Waals surface area contributed by atoms with Gasteiger partial charge in [-0.2, -0.15) is 9.57 Å². The molecule has 1 saturated carbocycles. The Morgan fingerprint density at radius 1 is 1.24 bits per heavy atom. The molecule has 0 aromatic heterocycles. The van der Waals surface area contributed by atoms with E-state index in [1.165, 1.54) is 0 Å². The van der Waals surface area contributed by atoms with Crippen molar-refractivity contribution in [1.82, 2.24) is 4.31 Å². The maximum absolute atomic E-state index is 12.4. The topological polar surface area (TPSA) is 70.4 Å². The van der Waals surface area contributed by atoms with E-state index in [-0.39, 0.29) is 17.7 Å². The number of ether oxygens (including phenoxy) is 1. The van der Waals surface area contributed by atoms with Crippen LogP contribution in [-0.4, -0.2) is 43.8 Å². The van der Waals surface area contributed by atoms with Crippen LogP contribution < -0.4 is 0 Å². The fourth-order valence-electron chi connectivity index (χ4n) is 2.21. The van der Waals surface area contributed by atoms with E-state index in [1.807, 2.05) is 6.07 Å². The highest BCUT2D eigenvalue weighted by molar-refractivity contribution is 7.89. The van der Waals surface area contributed by atoms with Crippen molar-refractivity contribution < 1.29 is 13.2 Å². The maximum Gasteiger partial charge on any atom is 0.217 e. The Morgan fingerprint density at radius 2 is 1.88 bits per heavy atom. The van der Waals surface area contributed by atoms with Crippen molar-refractivity contribution in [3.63, 3.8) is 0 Å². The fourth-order valence-corrected chi connectivity index (χ4v) is 4.35. The molecular formula is C11H18N2O3S. The number of hydrogen-bond donors (Lipinski definition) is 0. The molecule has 6 heteroatoms. The summed E-state index contributed by atoms with van der Waals surface area (Å²) in [4.78, 5) is 0. The van der Waals surface area contributed by atoms with Crippen LogP contribution in [0.4, 0.5) is 0 Å². The van der Waals surface area contributed by atoms with Crippen molar-refractivity contribution >= 4 is 10.0 Å². The molecule has 17 heavy (non-hydrogen) atoms. The minimum atomic E-state index is -3.23. The summed E-state index contributed by atoms with van der Waals surface area (Å²) in [5, 5.41) is 8.29. The van der Waals surface area contributed by atoms with E-state index in [4.69, 9.17) is 10.00 Å². The zero-order chi connectivity index (χ0) is 12.3. The van der Waals surface area contributed by atoms with Crippen molar-refractivity contribution in [3.8, 4) is 6.07 Å². The molecule has 96 valence electrons. The van der Waals surface area contributed by atoms with Gasteiger partial charge in [0.15, 0.2) is 0 Å². The van der Waals surface area contributed by atoms with Crippen LogP contribution in [0.3, 0.4) is 0 Å². The lowest BCUT2D eigenvalue weighted by Gasteiger charge is -2.29. The van der Waals surface area contributed by atoms with Gasteiger partial charge in [-0.25, -0.2) is 8.42 Å². The number of sulfonamides is 1. The zero-order valence-corrected chi connectivity index (χ0v) is 10.7. The van der Waals surface area contributed by atoms with Gasteiger partial charge in [-0.05, 0) is 25.7 Å². The van der Waals surface area contributed by atoms with E-state index in [1.54, 1.807) is 4.31 Å². The van der Waals surface area contributed by atoms with Gasteiger partial charge in [-0.3, -0.25) is 0 Å². The number of nitriles is 1. The molecule has 1 aliphatic carbocycles. The molecule has 0 amide bonds. The number of nitrogens with zero attached hydrogens (tertiary/aromatic N) is 2. The fraction of sp³-hybridized carbons (Fsp3) is 0.909. The second-order valence-electron chi connectivity index (χ2n) is 4.61. The van der Waals surface area contributed by atoms with Crippen molar-refractivity contribution in [2.24, 2.45) is 0 Å². The first kappa shape index (κ1) is 12.8. The third kappa shape index (κ3) is 2.97. The van der Waals surface area contributed by atoms with Crippen molar-refractivity contribution in [2.45, 2.75) is 43.4 Å². The molecule has 0 spiro atoms. The summed E-state index contributed by atoms with van der Waals surface area (Å²) in [6, 6.07) is 2.17. The Balaban J connectivity index is 2.07. The molecule has 0 aromatic rings. The lowest BCUT2D eigenvalue weighted by molar-refractivity contribution is 0.0971. The van der Waals surface area contributed by atoms with Crippen LogP contribution in [-0.2, 0) is 14.8 Å². The van der Waals surface area contributed by atoms with E-state index in [2.05, 4.69) is 0 Å². The predicted octanol–water partition coefficient (Wildman–Crippen LogP) is 0.873. The van der Waals surface area contributed by atoms with E-state index in [9.17, 15) is 8.42 Å². The SMILES string of the molecule is N#CCCN(C1CC1)S(=O)(=O)C1CCOCC1. The van der Waals surface area contributed by atoms with Crippen LogP contribution in [0, 0.1) is 11.3 Å². The molecule has 1 aliphatic heterocycles. The highest BCUT2D eigenvalue weighted by Gasteiger charge is 2.41. The highest BCUT2D eigenvalue weighted by atomic mass is 32.2. The molecule has 0 aromatic carbocycles. The first-order chi connectivity index (χ1) is 8.16. The Labute approximate surface area is 102 Å². The van der Waals surface area contributed by atoms with Crippen LogP contribution in [0.2, 0.25) is 0 Å². The van der Waals surface area contributed by atoms with Crippen molar-refractivity contribution in [2.75, 3.05) is 19.8 Å². The molecule has 2 rings (SSSR count). The molecule has 5 nitrogen and oxygen atoms in total. The summed E-state index contributed by atoms with van der Waals surface area (Å²) in [5.41, 5.74) is 0. The number of rotatable bonds is 5. The Morgan fingerprint density at radius 3 is 2.41 bits per heavy atom. The Bertz CT molecular complexity index is 391. The molecule has 2 aliphatic rings. The third-order valence-corrected chi connectivity index (χ3v) is 5.76. The second kappa shape index (κ2) is 5.34. The van der Waals surface area contributed by atoms with Gasteiger partial charge in [0, 0.05) is 32.2 Å². The van der Waals surface area contributed by atoms with Gasteiger partial charge in [-0.15, -0.1) is 0 Å². The van der Waals surface area contributed by atoms with Gasteiger partial charge in [0.05, 0.1) is 11.3 Å². The van der Waals surface area contributed by atoms with E-state index >= 15 is 0 Å². The molecule has 0 N–H and O–H groups in total. The largest absolute Gasteiger partial charge is 0.381 e. The van der Waals surface area contributed by atoms with Gasteiger partial charge in [0.2, 0.25) is 10.0 Å². The molecule has 0 bridgehead atoms. The molecule has 0 radical (unpaired) electrons. The lowest BCUT2D eigenvalue weighted by Crippen LogP contribution is -2.43. The van der Waals surface area contributed by atoms with Crippen LogP contribution in [0.15, 0.2) is 0 Å².